The summed E-state index contributed by atoms with van der Waals surface area (Å²) in [5, 5.41) is 6.57. The Morgan fingerprint density at radius 2 is 1.96 bits per heavy atom. The average molecular weight is 358 g/mol. The Balaban J connectivity index is 1.58. The second kappa shape index (κ2) is 7.27. The summed E-state index contributed by atoms with van der Waals surface area (Å²) >= 11 is 6.01. The van der Waals surface area contributed by atoms with E-state index >= 15 is 0 Å². The predicted octanol–water partition coefficient (Wildman–Crippen LogP) is 3.20. The number of H-pyrrole nitrogens is 1. The number of para-hydroxylation sites is 1. The number of benzene rings is 2. The third-order valence-electron chi connectivity index (χ3n) is 3.62. The van der Waals surface area contributed by atoms with E-state index in [1.165, 1.54) is 7.11 Å². The Labute approximate surface area is 149 Å². The maximum absolute atomic E-state index is 12.1. The Morgan fingerprint density at radius 1 is 1.16 bits per heavy atom. The third kappa shape index (κ3) is 3.92. The van der Waals surface area contributed by atoms with E-state index in [2.05, 4.69) is 15.6 Å². The van der Waals surface area contributed by atoms with Gasteiger partial charge in [-0.2, -0.15) is 0 Å². The van der Waals surface area contributed by atoms with Gasteiger partial charge in [0.1, 0.15) is 11.4 Å². The van der Waals surface area contributed by atoms with E-state index in [0.29, 0.717) is 22.2 Å². The van der Waals surface area contributed by atoms with Crippen molar-refractivity contribution in [3.8, 4) is 5.75 Å². The molecule has 0 aliphatic rings. The number of ether oxygens (including phenoxy) is 1. The lowest BCUT2D eigenvalue weighted by atomic mass is 10.2. The number of rotatable bonds is 5. The number of halogens is 1. The van der Waals surface area contributed by atoms with Gasteiger partial charge in [0.2, 0.25) is 5.91 Å². The van der Waals surface area contributed by atoms with Crippen molar-refractivity contribution in [2.24, 2.45) is 0 Å². The molecule has 0 bridgehead atoms. The van der Waals surface area contributed by atoms with E-state index < -0.39 is 0 Å². The Bertz CT molecular complexity index is 903. The van der Waals surface area contributed by atoms with Crippen LogP contribution in [0.25, 0.3) is 10.9 Å². The third-order valence-corrected chi connectivity index (χ3v) is 3.92. The molecule has 3 N–H and O–H groups in total. The molecule has 0 unspecified atom stereocenters. The van der Waals surface area contributed by atoms with Crippen LogP contribution in [0.2, 0.25) is 5.02 Å². The number of aromatic amines is 1. The second-order valence-electron chi connectivity index (χ2n) is 5.35. The Kier molecular flexibility index (Phi) is 4.90. The van der Waals surface area contributed by atoms with Crippen molar-refractivity contribution in [1.29, 1.82) is 0 Å². The number of aromatic nitrogens is 1. The minimum atomic E-state index is -0.356. The second-order valence-corrected chi connectivity index (χ2v) is 5.76. The summed E-state index contributed by atoms with van der Waals surface area (Å²) in [4.78, 5) is 27.1. The van der Waals surface area contributed by atoms with Crippen LogP contribution in [0.4, 0.5) is 5.69 Å². The highest BCUT2D eigenvalue weighted by atomic mass is 35.5. The zero-order valence-electron chi connectivity index (χ0n) is 13.4. The van der Waals surface area contributed by atoms with Gasteiger partial charge in [0, 0.05) is 16.6 Å². The lowest BCUT2D eigenvalue weighted by molar-refractivity contribution is -0.115. The minimum Gasteiger partial charge on any atom is -0.495 e. The lowest BCUT2D eigenvalue weighted by Crippen LogP contribution is -2.33. The molecule has 0 aliphatic heterocycles. The fourth-order valence-electron chi connectivity index (χ4n) is 2.40. The summed E-state index contributed by atoms with van der Waals surface area (Å²) in [6.07, 6.45) is 0. The van der Waals surface area contributed by atoms with Crippen LogP contribution in [0.15, 0.2) is 48.5 Å². The summed E-state index contributed by atoms with van der Waals surface area (Å²) in [7, 11) is 1.51. The Morgan fingerprint density at radius 3 is 2.68 bits per heavy atom. The van der Waals surface area contributed by atoms with Gasteiger partial charge < -0.3 is 20.4 Å². The number of carbonyl (C=O) groups is 2. The van der Waals surface area contributed by atoms with E-state index in [4.69, 9.17) is 16.3 Å². The van der Waals surface area contributed by atoms with Gasteiger partial charge in [-0.25, -0.2) is 0 Å². The van der Waals surface area contributed by atoms with E-state index in [1.807, 2.05) is 24.3 Å². The van der Waals surface area contributed by atoms with Gasteiger partial charge in [-0.3, -0.25) is 9.59 Å². The highest BCUT2D eigenvalue weighted by Gasteiger charge is 2.11. The van der Waals surface area contributed by atoms with Gasteiger partial charge in [-0.05, 0) is 30.3 Å². The zero-order valence-corrected chi connectivity index (χ0v) is 14.2. The van der Waals surface area contributed by atoms with Gasteiger partial charge >= 0.3 is 0 Å². The van der Waals surface area contributed by atoms with Crippen LogP contribution < -0.4 is 15.4 Å². The monoisotopic (exact) mass is 357 g/mol. The summed E-state index contributed by atoms with van der Waals surface area (Å²) in [5.74, 6) is -0.184. The van der Waals surface area contributed by atoms with Crippen molar-refractivity contribution in [1.82, 2.24) is 10.3 Å². The number of amides is 2. The van der Waals surface area contributed by atoms with Gasteiger partial charge in [-0.1, -0.05) is 29.8 Å². The molecule has 2 amide bonds. The van der Waals surface area contributed by atoms with E-state index in [1.54, 1.807) is 24.3 Å². The summed E-state index contributed by atoms with van der Waals surface area (Å²) in [5.41, 5.74) is 1.79. The molecule has 1 heterocycles. The largest absolute Gasteiger partial charge is 0.495 e. The molecule has 0 saturated heterocycles. The van der Waals surface area contributed by atoms with Gasteiger partial charge in [0.05, 0.1) is 18.7 Å². The van der Waals surface area contributed by atoms with Crippen molar-refractivity contribution < 1.29 is 14.3 Å². The number of carbonyl (C=O) groups excluding carboxylic acids is 2. The van der Waals surface area contributed by atoms with Gasteiger partial charge in [-0.15, -0.1) is 0 Å². The zero-order chi connectivity index (χ0) is 17.8. The van der Waals surface area contributed by atoms with E-state index in [9.17, 15) is 9.59 Å². The van der Waals surface area contributed by atoms with Crippen molar-refractivity contribution >= 4 is 40.0 Å². The van der Waals surface area contributed by atoms with Crippen LogP contribution in [0.1, 0.15) is 10.5 Å². The summed E-state index contributed by atoms with van der Waals surface area (Å²) < 4.78 is 5.05. The molecular formula is C18H16ClN3O3. The molecule has 0 atom stereocenters. The fourth-order valence-corrected chi connectivity index (χ4v) is 2.66. The first-order valence-electron chi connectivity index (χ1n) is 7.56. The molecule has 0 spiro atoms. The molecule has 0 saturated carbocycles. The number of anilines is 1. The molecule has 0 fully saturated rings. The number of methoxy groups -OCH3 is 1. The first-order valence-corrected chi connectivity index (χ1v) is 7.94. The van der Waals surface area contributed by atoms with Crippen molar-refractivity contribution in [3.05, 3.63) is 59.2 Å². The van der Waals surface area contributed by atoms with Gasteiger partial charge in [0.15, 0.2) is 0 Å². The molecule has 6 nitrogen and oxygen atoms in total. The quantitative estimate of drug-likeness (QED) is 0.655. The molecule has 3 aromatic rings. The normalized spacial score (nSPS) is 10.5. The molecular weight excluding hydrogens is 342 g/mol. The van der Waals surface area contributed by atoms with Crippen molar-refractivity contribution in [2.75, 3.05) is 19.0 Å². The topological polar surface area (TPSA) is 83.2 Å². The first kappa shape index (κ1) is 16.9. The van der Waals surface area contributed by atoms with Crippen LogP contribution in [0.3, 0.4) is 0 Å². The van der Waals surface area contributed by atoms with Crippen LogP contribution in [0.5, 0.6) is 5.75 Å². The van der Waals surface area contributed by atoms with Crippen LogP contribution >= 0.6 is 11.6 Å². The van der Waals surface area contributed by atoms with Crippen LogP contribution in [-0.2, 0) is 4.79 Å². The van der Waals surface area contributed by atoms with Crippen LogP contribution in [0, 0.1) is 0 Å². The van der Waals surface area contributed by atoms with Crippen LogP contribution in [-0.4, -0.2) is 30.5 Å². The number of hydrogen-bond donors (Lipinski definition) is 3. The fraction of sp³-hybridized carbons (Fsp3) is 0.111. The molecule has 25 heavy (non-hydrogen) atoms. The van der Waals surface area contributed by atoms with Gasteiger partial charge in [0.25, 0.3) is 5.91 Å². The SMILES string of the molecule is COc1ccc(NC(=O)CNC(=O)c2cc3ccccc3[nH]2)cc1Cl. The summed E-state index contributed by atoms with van der Waals surface area (Å²) in [6, 6.07) is 14.2. The predicted molar refractivity (Wildman–Crippen MR) is 97.3 cm³/mol. The number of nitrogens with one attached hydrogen (secondary N) is 3. The highest BCUT2D eigenvalue weighted by molar-refractivity contribution is 6.32. The average Bonchev–Trinajstić information content (AvgIpc) is 3.04. The molecule has 0 aliphatic carbocycles. The minimum absolute atomic E-state index is 0.155. The maximum Gasteiger partial charge on any atom is 0.268 e. The van der Waals surface area contributed by atoms with Crippen molar-refractivity contribution in [3.63, 3.8) is 0 Å². The summed E-state index contributed by atoms with van der Waals surface area (Å²) in [6.45, 7) is -0.155. The standard InChI is InChI=1S/C18H16ClN3O3/c1-25-16-7-6-12(9-13(16)19)21-17(23)10-20-18(24)15-8-11-4-2-3-5-14(11)22-15/h2-9,22H,10H2,1H3,(H,20,24)(H,21,23). The maximum atomic E-state index is 12.1. The molecule has 0 radical (unpaired) electrons. The number of hydrogen-bond acceptors (Lipinski definition) is 3. The highest BCUT2D eigenvalue weighted by Crippen LogP contribution is 2.27. The molecule has 2 aromatic carbocycles. The Hall–Kier alpha value is -2.99. The lowest BCUT2D eigenvalue weighted by Gasteiger charge is -2.08. The molecule has 7 heteroatoms. The molecule has 1 aromatic heterocycles. The van der Waals surface area contributed by atoms with E-state index in [-0.39, 0.29) is 18.4 Å². The molecule has 128 valence electrons. The number of fused-ring (bicyclic) bond motifs is 1. The first-order chi connectivity index (χ1) is 12.1. The molecule has 3 rings (SSSR count). The van der Waals surface area contributed by atoms with Crippen molar-refractivity contribution in [2.45, 2.75) is 0 Å². The smallest absolute Gasteiger partial charge is 0.268 e. The van der Waals surface area contributed by atoms with E-state index in [0.717, 1.165) is 10.9 Å².